The molecule has 2 nitrogen and oxygen atoms in total. The van der Waals surface area contributed by atoms with Gasteiger partial charge in [0.05, 0.1) is 17.4 Å². The van der Waals surface area contributed by atoms with Gasteiger partial charge in [-0.15, -0.1) is 0 Å². The standard InChI is InChI=1S/C8H7FN2.C2H6/c1-5-2-6(9)3-7-8(5)11-4-10-7;1-2/h2-4H,1H3,(H,10,11);1-2H3. The van der Waals surface area contributed by atoms with Crippen molar-refractivity contribution in [3.63, 3.8) is 0 Å². The van der Waals surface area contributed by atoms with Crippen molar-refractivity contribution in [3.8, 4) is 0 Å². The molecule has 0 amide bonds. The van der Waals surface area contributed by atoms with Crippen molar-refractivity contribution in [2.45, 2.75) is 20.8 Å². The maximum Gasteiger partial charge on any atom is 0.125 e. The van der Waals surface area contributed by atoms with Gasteiger partial charge in [-0.05, 0) is 24.6 Å². The number of nitrogens with one attached hydrogen (secondary N) is 1. The SMILES string of the molecule is CC.Cc1cc(F)cc2[nH]cnc12. The highest BCUT2D eigenvalue weighted by atomic mass is 19.1. The summed E-state index contributed by atoms with van der Waals surface area (Å²) in [7, 11) is 0. The van der Waals surface area contributed by atoms with Gasteiger partial charge >= 0.3 is 0 Å². The molecule has 0 aliphatic carbocycles. The van der Waals surface area contributed by atoms with Crippen LogP contribution in [0.15, 0.2) is 18.5 Å². The molecule has 3 heteroatoms. The minimum absolute atomic E-state index is 0.223. The summed E-state index contributed by atoms with van der Waals surface area (Å²) in [6, 6.07) is 2.92. The number of imidazole rings is 1. The Morgan fingerprint density at radius 3 is 2.69 bits per heavy atom. The average Bonchev–Trinajstić information content (AvgIpc) is 2.55. The van der Waals surface area contributed by atoms with Gasteiger partial charge in [0, 0.05) is 0 Å². The zero-order valence-corrected chi connectivity index (χ0v) is 8.06. The number of hydrogen-bond donors (Lipinski definition) is 1. The molecule has 0 aliphatic heterocycles. The van der Waals surface area contributed by atoms with E-state index in [0.29, 0.717) is 0 Å². The number of halogens is 1. The normalized spacial score (nSPS) is 9.54. The smallest absolute Gasteiger partial charge is 0.125 e. The van der Waals surface area contributed by atoms with E-state index in [1.807, 2.05) is 20.8 Å². The molecule has 0 spiro atoms. The fourth-order valence-corrected chi connectivity index (χ4v) is 1.18. The van der Waals surface area contributed by atoms with Crippen LogP contribution in [0.25, 0.3) is 11.0 Å². The van der Waals surface area contributed by atoms with Crippen LogP contribution >= 0.6 is 0 Å². The molecule has 2 rings (SSSR count). The van der Waals surface area contributed by atoms with Gasteiger partial charge in [0.15, 0.2) is 0 Å². The number of aromatic amines is 1. The second-order valence-corrected chi connectivity index (χ2v) is 2.52. The van der Waals surface area contributed by atoms with Crippen molar-refractivity contribution in [2.75, 3.05) is 0 Å². The molecule has 0 saturated carbocycles. The van der Waals surface area contributed by atoms with E-state index >= 15 is 0 Å². The molecule has 0 saturated heterocycles. The summed E-state index contributed by atoms with van der Waals surface area (Å²) in [6.45, 7) is 5.84. The summed E-state index contributed by atoms with van der Waals surface area (Å²) in [5, 5.41) is 0. The molecule has 2 aromatic rings. The first kappa shape index (κ1) is 9.71. The van der Waals surface area contributed by atoms with E-state index in [4.69, 9.17) is 0 Å². The van der Waals surface area contributed by atoms with Gasteiger partial charge in [0.2, 0.25) is 0 Å². The molecule has 0 unspecified atom stereocenters. The van der Waals surface area contributed by atoms with Crippen molar-refractivity contribution in [3.05, 3.63) is 29.8 Å². The van der Waals surface area contributed by atoms with Crippen LogP contribution < -0.4 is 0 Å². The molecule has 1 aromatic heterocycles. The van der Waals surface area contributed by atoms with E-state index < -0.39 is 0 Å². The Morgan fingerprint density at radius 2 is 2.00 bits per heavy atom. The van der Waals surface area contributed by atoms with E-state index in [9.17, 15) is 4.39 Å². The number of fused-ring (bicyclic) bond motifs is 1. The van der Waals surface area contributed by atoms with Crippen LogP contribution in [0.2, 0.25) is 0 Å². The molecule has 13 heavy (non-hydrogen) atoms. The molecule has 1 N–H and O–H groups in total. The molecule has 70 valence electrons. The highest BCUT2D eigenvalue weighted by Gasteiger charge is 2.01. The van der Waals surface area contributed by atoms with Crippen LogP contribution in [0.4, 0.5) is 4.39 Å². The lowest BCUT2D eigenvalue weighted by Gasteiger charge is -1.93. The fraction of sp³-hybridized carbons (Fsp3) is 0.300. The largest absolute Gasteiger partial charge is 0.345 e. The zero-order chi connectivity index (χ0) is 9.84. The monoisotopic (exact) mass is 180 g/mol. The Kier molecular flexibility index (Phi) is 3.01. The quantitative estimate of drug-likeness (QED) is 0.663. The molecular formula is C10H13FN2. The predicted molar refractivity (Wildman–Crippen MR) is 52.1 cm³/mol. The topological polar surface area (TPSA) is 28.7 Å². The minimum atomic E-state index is -0.223. The Balaban J connectivity index is 0.000000396. The van der Waals surface area contributed by atoms with Gasteiger partial charge in [-0.3, -0.25) is 0 Å². The zero-order valence-electron chi connectivity index (χ0n) is 8.06. The van der Waals surface area contributed by atoms with Crippen LogP contribution in [0.1, 0.15) is 19.4 Å². The molecule has 0 aliphatic rings. The maximum absolute atomic E-state index is 12.7. The molecule has 1 heterocycles. The van der Waals surface area contributed by atoms with E-state index in [2.05, 4.69) is 9.97 Å². The third kappa shape index (κ3) is 1.86. The Hall–Kier alpha value is -1.38. The first-order valence-electron chi connectivity index (χ1n) is 4.36. The highest BCUT2D eigenvalue weighted by molar-refractivity contribution is 5.77. The van der Waals surface area contributed by atoms with Crippen molar-refractivity contribution in [1.82, 2.24) is 9.97 Å². The lowest BCUT2D eigenvalue weighted by atomic mass is 10.2. The number of nitrogens with zero attached hydrogens (tertiary/aromatic N) is 1. The lowest BCUT2D eigenvalue weighted by molar-refractivity contribution is 0.628. The third-order valence-corrected chi connectivity index (χ3v) is 1.68. The van der Waals surface area contributed by atoms with Gasteiger partial charge in [0.1, 0.15) is 5.82 Å². The summed E-state index contributed by atoms with van der Waals surface area (Å²) in [5.41, 5.74) is 2.45. The molecular weight excluding hydrogens is 167 g/mol. The number of benzene rings is 1. The van der Waals surface area contributed by atoms with Crippen molar-refractivity contribution >= 4 is 11.0 Å². The molecule has 0 bridgehead atoms. The number of rotatable bonds is 0. The van der Waals surface area contributed by atoms with Crippen molar-refractivity contribution in [1.29, 1.82) is 0 Å². The Morgan fingerprint density at radius 1 is 1.31 bits per heavy atom. The van der Waals surface area contributed by atoms with Gasteiger partial charge in [-0.25, -0.2) is 9.37 Å². The van der Waals surface area contributed by atoms with E-state index in [1.54, 1.807) is 6.33 Å². The van der Waals surface area contributed by atoms with Crippen LogP contribution in [-0.4, -0.2) is 9.97 Å². The maximum atomic E-state index is 12.7. The molecule has 1 aromatic carbocycles. The molecule has 0 fully saturated rings. The van der Waals surface area contributed by atoms with Crippen LogP contribution in [0, 0.1) is 12.7 Å². The Bertz CT molecular complexity index is 393. The Labute approximate surface area is 76.8 Å². The van der Waals surface area contributed by atoms with E-state index in [-0.39, 0.29) is 5.82 Å². The summed E-state index contributed by atoms with van der Waals surface area (Å²) < 4.78 is 12.7. The number of aryl methyl sites for hydroxylation is 1. The third-order valence-electron chi connectivity index (χ3n) is 1.68. The van der Waals surface area contributed by atoms with Gasteiger partial charge in [-0.1, -0.05) is 13.8 Å². The summed E-state index contributed by atoms with van der Waals surface area (Å²) in [5.74, 6) is -0.223. The molecule has 0 atom stereocenters. The number of aromatic nitrogens is 2. The predicted octanol–water partition coefficient (Wildman–Crippen LogP) is 3.04. The van der Waals surface area contributed by atoms with Crippen LogP contribution in [-0.2, 0) is 0 Å². The number of hydrogen-bond acceptors (Lipinski definition) is 1. The number of H-pyrrole nitrogens is 1. The first-order chi connectivity index (χ1) is 6.27. The summed E-state index contributed by atoms with van der Waals surface area (Å²) >= 11 is 0. The molecule has 0 radical (unpaired) electrons. The van der Waals surface area contributed by atoms with Gasteiger partial charge in [-0.2, -0.15) is 0 Å². The first-order valence-corrected chi connectivity index (χ1v) is 4.36. The second kappa shape index (κ2) is 4.03. The van der Waals surface area contributed by atoms with Crippen molar-refractivity contribution < 1.29 is 4.39 Å². The van der Waals surface area contributed by atoms with Gasteiger partial charge < -0.3 is 4.98 Å². The lowest BCUT2D eigenvalue weighted by Crippen LogP contribution is -1.79. The van der Waals surface area contributed by atoms with Gasteiger partial charge in [0.25, 0.3) is 0 Å². The van der Waals surface area contributed by atoms with Crippen LogP contribution in [0.3, 0.4) is 0 Å². The summed E-state index contributed by atoms with van der Waals surface area (Å²) in [6.07, 6.45) is 1.57. The minimum Gasteiger partial charge on any atom is -0.345 e. The van der Waals surface area contributed by atoms with E-state index in [1.165, 1.54) is 12.1 Å². The second-order valence-electron chi connectivity index (χ2n) is 2.52. The van der Waals surface area contributed by atoms with E-state index in [0.717, 1.165) is 16.6 Å². The van der Waals surface area contributed by atoms with Crippen molar-refractivity contribution in [2.24, 2.45) is 0 Å². The highest BCUT2D eigenvalue weighted by Crippen LogP contribution is 2.15. The average molecular weight is 180 g/mol. The van der Waals surface area contributed by atoms with Crippen LogP contribution in [0.5, 0.6) is 0 Å². The summed E-state index contributed by atoms with van der Waals surface area (Å²) in [4.78, 5) is 6.89. The fourth-order valence-electron chi connectivity index (χ4n) is 1.18.